The number of hydrogen-bond acceptors (Lipinski definition) is 6. The van der Waals surface area contributed by atoms with Gasteiger partial charge in [-0.2, -0.15) is 26.3 Å². The third kappa shape index (κ3) is 12.1. The Bertz CT molecular complexity index is 650. The molecule has 0 fully saturated rings. The number of carbonyl (C=O) groups excluding carboxylic acids is 3. The Morgan fingerprint density at radius 3 is 1.64 bits per heavy atom. The van der Waals surface area contributed by atoms with Gasteiger partial charge in [0.05, 0.1) is 18.8 Å². The van der Waals surface area contributed by atoms with Crippen LogP contribution in [0.4, 0.5) is 26.3 Å². The lowest BCUT2D eigenvalue weighted by molar-refractivity contribution is -0.313. The largest absolute Gasteiger partial charge is 0.462 e. The van der Waals surface area contributed by atoms with Gasteiger partial charge in [0.25, 0.3) is 6.10 Å². The number of esters is 3. The molecule has 0 amide bonds. The topological polar surface area (TPSA) is 78.9 Å². The molecule has 0 bridgehead atoms. The molecular formula is C21H32F6O6. The van der Waals surface area contributed by atoms with E-state index in [1.807, 2.05) is 41.5 Å². The molecule has 12 heteroatoms. The van der Waals surface area contributed by atoms with E-state index in [9.17, 15) is 40.7 Å². The fourth-order valence-electron chi connectivity index (χ4n) is 2.72. The van der Waals surface area contributed by atoms with Crippen molar-refractivity contribution in [1.82, 2.24) is 0 Å². The molecule has 33 heavy (non-hydrogen) atoms. The van der Waals surface area contributed by atoms with Gasteiger partial charge in [-0.05, 0) is 17.3 Å². The lowest BCUT2D eigenvalue weighted by Gasteiger charge is -2.35. The molecule has 0 saturated heterocycles. The smallest absolute Gasteiger partial charge is 0.434 e. The first-order chi connectivity index (χ1) is 14.7. The summed E-state index contributed by atoms with van der Waals surface area (Å²) < 4.78 is 87.5. The molecule has 6 nitrogen and oxygen atoms in total. The summed E-state index contributed by atoms with van der Waals surface area (Å²) in [6, 6.07) is 0. The number of hydrogen-bond donors (Lipinski definition) is 0. The van der Waals surface area contributed by atoms with E-state index in [0.717, 1.165) is 6.42 Å². The predicted octanol–water partition coefficient (Wildman–Crippen LogP) is 5.38. The number of ether oxygens (including phenoxy) is 3. The molecular weight excluding hydrogens is 462 g/mol. The van der Waals surface area contributed by atoms with E-state index < -0.39 is 55.1 Å². The molecule has 0 N–H and O–H groups in total. The molecule has 0 rings (SSSR count). The lowest BCUT2D eigenvalue weighted by Crippen LogP contribution is -2.45. The van der Waals surface area contributed by atoms with Gasteiger partial charge in [0.2, 0.25) is 0 Å². The molecule has 0 aliphatic heterocycles. The second kappa shape index (κ2) is 11.9. The SMILES string of the molecule is CCC(C)(C)C(CC(C)(C)C)C(=O)OCCOC(=O)CCC(=O)OC(C(F)(F)F)C(F)(F)F. The van der Waals surface area contributed by atoms with Crippen molar-refractivity contribution in [3.63, 3.8) is 0 Å². The minimum atomic E-state index is -5.84. The minimum absolute atomic E-state index is 0.144. The zero-order valence-corrected chi connectivity index (χ0v) is 19.6. The van der Waals surface area contributed by atoms with Gasteiger partial charge in [0, 0.05) is 0 Å². The van der Waals surface area contributed by atoms with Gasteiger partial charge in [0.15, 0.2) is 0 Å². The highest BCUT2D eigenvalue weighted by molar-refractivity contribution is 5.77. The summed E-state index contributed by atoms with van der Waals surface area (Å²) in [7, 11) is 0. The highest BCUT2D eigenvalue weighted by Crippen LogP contribution is 2.39. The first-order valence-electron chi connectivity index (χ1n) is 10.4. The van der Waals surface area contributed by atoms with Crippen molar-refractivity contribution in [3.8, 4) is 0 Å². The van der Waals surface area contributed by atoms with Crippen molar-refractivity contribution in [2.24, 2.45) is 16.7 Å². The summed E-state index contributed by atoms with van der Waals surface area (Å²) in [5.41, 5.74) is -0.486. The molecule has 1 atom stereocenters. The van der Waals surface area contributed by atoms with Gasteiger partial charge in [0.1, 0.15) is 13.2 Å². The molecule has 0 saturated carbocycles. The van der Waals surface area contributed by atoms with E-state index >= 15 is 0 Å². The van der Waals surface area contributed by atoms with Crippen molar-refractivity contribution < 1.29 is 54.9 Å². The number of rotatable bonds is 11. The first kappa shape index (κ1) is 31.0. The monoisotopic (exact) mass is 494 g/mol. The number of alkyl halides is 6. The molecule has 0 aliphatic carbocycles. The molecule has 1 unspecified atom stereocenters. The molecule has 0 aliphatic rings. The van der Waals surface area contributed by atoms with E-state index in [1.165, 1.54) is 0 Å². The fraction of sp³-hybridized carbons (Fsp3) is 0.857. The molecule has 194 valence electrons. The molecule has 0 aromatic rings. The highest BCUT2D eigenvalue weighted by Gasteiger charge is 2.59. The highest BCUT2D eigenvalue weighted by atomic mass is 19.4. The second-order valence-corrected chi connectivity index (χ2v) is 9.50. The van der Waals surface area contributed by atoms with Crippen molar-refractivity contribution in [2.75, 3.05) is 13.2 Å². The van der Waals surface area contributed by atoms with Crippen LogP contribution in [0.3, 0.4) is 0 Å². The summed E-state index contributed by atoms with van der Waals surface area (Å²) >= 11 is 0. The van der Waals surface area contributed by atoms with E-state index in [0.29, 0.717) is 6.42 Å². The molecule has 0 spiro atoms. The summed E-state index contributed by atoms with van der Waals surface area (Å²) in [6.07, 6.45) is -16.5. The van der Waals surface area contributed by atoms with Crippen molar-refractivity contribution in [3.05, 3.63) is 0 Å². The van der Waals surface area contributed by atoms with Crippen LogP contribution < -0.4 is 0 Å². The van der Waals surface area contributed by atoms with Crippen LogP contribution in [0.25, 0.3) is 0 Å². The zero-order chi connectivity index (χ0) is 26.3. The van der Waals surface area contributed by atoms with Crippen LogP contribution in [0, 0.1) is 16.7 Å². The maximum atomic E-state index is 12.5. The Morgan fingerprint density at radius 2 is 1.21 bits per heavy atom. The van der Waals surface area contributed by atoms with Gasteiger partial charge in [-0.15, -0.1) is 0 Å². The van der Waals surface area contributed by atoms with E-state index in [-0.39, 0.29) is 24.0 Å². The average molecular weight is 494 g/mol. The summed E-state index contributed by atoms with van der Waals surface area (Å²) in [5, 5.41) is 0. The summed E-state index contributed by atoms with van der Waals surface area (Å²) in [5.74, 6) is -3.81. The van der Waals surface area contributed by atoms with Crippen LogP contribution in [0.1, 0.15) is 67.2 Å². The van der Waals surface area contributed by atoms with Gasteiger partial charge < -0.3 is 14.2 Å². The molecule has 0 heterocycles. The van der Waals surface area contributed by atoms with Gasteiger partial charge in [-0.25, -0.2) is 0 Å². The fourth-order valence-corrected chi connectivity index (χ4v) is 2.72. The standard InChI is InChI=1S/C21H32F6O6/c1-7-19(5,6)13(12-18(2,3)4)16(30)32-11-10-31-14(28)8-9-15(29)33-17(20(22,23)24)21(25,26)27/h13,17H,7-12H2,1-6H3. The van der Waals surface area contributed by atoms with Crippen LogP contribution in [-0.2, 0) is 28.6 Å². The first-order valence-corrected chi connectivity index (χ1v) is 10.4. The lowest BCUT2D eigenvalue weighted by atomic mass is 9.70. The minimum Gasteiger partial charge on any atom is -0.462 e. The molecule has 0 radical (unpaired) electrons. The maximum absolute atomic E-state index is 12.5. The van der Waals surface area contributed by atoms with Crippen LogP contribution in [0.15, 0.2) is 0 Å². The third-order valence-electron chi connectivity index (χ3n) is 4.92. The molecule has 0 aromatic heterocycles. The second-order valence-electron chi connectivity index (χ2n) is 9.50. The predicted molar refractivity (Wildman–Crippen MR) is 105 cm³/mol. The van der Waals surface area contributed by atoms with Gasteiger partial charge in [-0.3, -0.25) is 14.4 Å². The van der Waals surface area contributed by atoms with Crippen LogP contribution >= 0.6 is 0 Å². The van der Waals surface area contributed by atoms with Gasteiger partial charge >= 0.3 is 30.3 Å². The Balaban J connectivity index is 4.56. The Morgan fingerprint density at radius 1 is 0.758 bits per heavy atom. The zero-order valence-electron chi connectivity index (χ0n) is 19.6. The Kier molecular flexibility index (Phi) is 11.2. The van der Waals surface area contributed by atoms with E-state index in [2.05, 4.69) is 4.74 Å². The third-order valence-corrected chi connectivity index (χ3v) is 4.92. The van der Waals surface area contributed by atoms with Crippen molar-refractivity contribution in [2.45, 2.75) is 85.7 Å². The Labute approximate surface area is 189 Å². The van der Waals surface area contributed by atoms with Crippen LogP contribution in [-0.4, -0.2) is 49.6 Å². The van der Waals surface area contributed by atoms with Crippen LogP contribution in [0.2, 0.25) is 0 Å². The Hall–Kier alpha value is -2.01. The van der Waals surface area contributed by atoms with Crippen molar-refractivity contribution in [1.29, 1.82) is 0 Å². The molecule has 0 aromatic carbocycles. The normalized spacial score (nSPS) is 14.1. The van der Waals surface area contributed by atoms with Gasteiger partial charge in [-0.1, -0.05) is 48.0 Å². The van der Waals surface area contributed by atoms with Crippen LogP contribution in [0.5, 0.6) is 0 Å². The van der Waals surface area contributed by atoms with Crippen molar-refractivity contribution >= 4 is 17.9 Å². The summed E-state index contributed by atoms with van der Waals surface area (Å²) in [6.45, 7) is 11.1. The number of carbonyl (C=O) groups is 3. The number of halogens is 6. The average Bonchev–Trinajstić information content (AvgIpc) is 2.63. The summed E-state index contributed by atoms with van der Waals surface area (Å²) in [4.78, 5) is 35.4. The van der Waals surface area contributed by atoms with E-state index in [4.69, 9.17) is 9.47 Å². The van der Waals surface area contributed by atoms with E-state index in [1.54, 1.807) is 0 Å². The quantitative estimate of drug-likeness (QED) is 0.166. The maximum Gasteiger partial charge on any atom is 0.434 e.